The second-order valence-corrected chi connectivity index (χ2v) is 4.88. The van der Waals surface area contributed by atoms with E-state index in [9.17, 15) is 22.8 Å². The highest BCUT2D eigenvalue weighted by atomic mass is 19.4. The maximum Gasteiger partial charge on any atom is 0.416 e. The van der Waals surface area contributed by atoms with Crippen molar-refractivity contribution in [3.05, 3.63) is 29.8 Å². The molecular formula is C15H19F3N2O2. The number of anilines is 1. The van der Waals surface area contributed by atoms with Crippen LogP contribution in [0.4, 0.5) is 18.9 Å². The predicted octanol–water partition coefficient (Wildman–Crippen LogP) is 3.29. The summed E-state index contributed by atoms with van der Waals surface area (Å²) >= 11 is 0. The monoisotopic (exact) mass is 316 g/mol. The van der Waals surface area contributed by atoms with Gasteiger partial charge in [-0.2, -0.15) is 13.2 Å². The van der Waals surface area contributed by atoms with Crippen LogP contribution < -0.4 is 5.32 Å². The minimum Gasteiger partial charge on any atom is -0.342 e. The van der Waals surface area contributed by atoms with Gasteiger partial charge in [0.15, 0.2) is 0 Å². The molecule has 1 rings (SSSR count). The molecule has 0 saturated heterocycles. The minimum absolute atomic E-state index is 0.0978. The molecule has 1 N–H and O–H groups in total. The Bertz CT molecular complexity index is 513. The zero-order valence-electron chi connectivity index (χ0n) is 12.5. The van der Waals surface area contributed by atoms with E-state index in [1.54, 1.807) is 4.90 Å². The number of carbonyl (C=O) groups excluding carboxylic acids is 2. The molecular weight excluding hydrogens is 297 g/mol. The smallest absolute Gasteiger partial charge is 0.342 e. The first-order valence-corrected chi connectivity index (χ1v) is 6.96. The van der Waals surface area contributed by atoms with Crippen LogP contribution in [0.5, 0.6) is 0 Å². The van der Waals surface area contributed by atoms with Crippen LogP contribution in [0.15, 0.2) is 24.3 Å². The molecule has 122 valence electrons. The SMILES string of the molecule is CCCN(CCC(=O)Nc1ccc(C(F)(F)F)cc1)C(C)=O. The third-order valence-electron chi connectivity index (χ3n) is 3.04. The highest BCUT2D eigenvalue weighted by Crippen LogP contribution is 2.29. The maximum atomic E-state index is 12.4. The lowest BCUT2D eigenvalue weighted by Gasteiger charge is -2.19. The zero-order chi connectivity index (χ0) is 16.8. The molecule has 0 saturated carbocycles. The van der Waals surface area contributed by atoms with Gasteiger partial charge in [-0.1, -0.05) is 6.92 Å². The summed E-state index contributed by atoms with van der Waals surface area (Å²) < 4.78 is 37.2. The number of hydrogen-bond donors (Lipinski definition) is 1. The summed E-state index contributed by atoms with van der Waals surface area (Å²) in [6.07, 6.45) is -3.51. The molecule has 1 aromatic carbocycles. The van der Waals surface area contributed by atoms with E-state index in [0.717, 1.165) is 18.6 Å². The molecule has 0 spiro atoms. The molecule has 0 aromatic heterocycles. The van der Waals surface area contributed by atoms with Gasteiger partial charge in [-0.25, -0.2) is 0 Å². The highest BCUT2D eigenvalue weighted by molar-refractivity contribution is 5.91. The predicted molar refractivity (Wildman–Crippen MR) is 77.2 cm³/mol. The number of nitrogens with zero attached hydrogens (tertiary/aromatic N) is 1. The van der Waals surface area contributed by atoms with Crippen LogP contribution in [0.1, 0.15) is 32.3 Å². The lowest BCUT2D eigenvalue weighted by Crippen LogP contribution is -2.32. The van der Waals surface area contributed by atoms with Crippen LogP contribution in [0.2, 0.25) is 0 Å². The molecule has 0 radical (unpaired) electrons. The van der Waals surface area contributed by atoms with Crippen molar-refractivity contribution in [2.75, 3.05) is 18.4 Å². The van der Waals surface area contributed by atoms with E-state index in [2.05, 4.69) is 5.32 Å². The van der Waals surface area contributed by atoms with Gasteiger partial charge in [0.05, 0.1) is 5.56 Å². The standard InChI is InChI=1S/C15H19F3N2O2/c1-3-9-20(11(2)21)10-8-14(22)19-13-6-4-12(5-7-13)15(16,17)18/h4-7H,3,8-10H2,1-2H3,(H,19,22). The van der Waals surface area contributed by atoms with Crippen molar-refractivity contribution >= 4 is 17.5 Å². The second-order valence-electron chi connectivity index (χ2n) is 4.88. The van der Waals surface area contributed by atoms with Crippen LogP contribution in [0.25, 0.3) is 0 Å². The minimum atomic E-state index is -4.40. The Kier molecular flexibility index (Phi) is 6.39. The lowest BCUT2D eigenvalue weighted by atomic mass is 10.2. The molecule has 0 bridgehead atoms. The summed E-state index contributed by atoms with van der Waals surface area (Å²) in [5, 5.41) is 2.51. The largest absolute Gasteiger partial charge is 0.416 e. The van der Waals surface area contributed by atoms with Gasteiger partial charge in [0, 0.05) is 32.1 Å². The van der Waals surface area contributed by atoms with Gasteiger partial charge in [-0.15, -0.1) is 0 Å². The van der Waals surface area contributed by atoms with E-state index < -0.39 is 11.7 Å². The molecule has 0 aliphatic carbocycles. The molecule has 0 heterocycles. The van der Waals surface area contributed by atoms with Gasteiger partial charge in [0.1, 0.15) is 0 Å². The first-order valence-electron chi connectivity index (χ1n) is 6.96. The Morgan fingerprint density at radius 1 is 1.14 bits per heavy atom. The van der Waals surface area contributed by atoms with Crippen LogP contribution in [0.3, 0.4) is 0 Å². The first-order chi connectivity index (χ1) is 10.2. The van der Waals surface area contributed by atoms with Crippen molar-refractivity contribution in [2.45, 2.75) is 32.9 Å². The molecule has 4 nitrogen and oxygen atoms in total. The quantitative estimate of drug-likeness (QED) is 0.875. The molecule has 2 amide bonds. The Hall–Kier alpha value is -2.05. The van der Waals surface area contributed by atoms with E-state index in [1.165, 1.54) is 19.1 Å². The summed E-state index contributed by atoms with van der Waals surface area (Å²) in [5.41, 5.74) is -0.473. The van der Waals surface area contributed by atoms with Gasteiger partial charge >= 0.3 is 6.18 Å². The van der Waals surface area contributed by atoms with E-state index >= 15 is 0 Å². The average molecular weight is 316 g/mol. The average Bonchev–Trinajstić information content (AvgIpc) is 2.42. The molecule has 22 heavy (non-hydrogen) atoms. The van der Waals surface area contributed by atoms with E-state index in [1.807, 2.05) is 6.92 Å². The van der Waals surface area contributed by atoms with Crippen molar-refractivity contribution < 1.29 is 22.8 Å². The summed E-state index contributed by atoms with van der Waals surface area (Å²) in [7, 11) is 0. The molecule has 0 unspecified atom stereocenters. The molecule has 7 heteroatoms. The van der Waals surface area contributed by atoms with Crippen LogP contribution in [0, 0.1) is 0 Å². The van der Waals surface area contributed by atoms with Crippen molar-refractivity contribution in [1.82, 2.24) is 4.90 Å². The highest BCUT2D eigenvalue weighted by Gasteiger charge is 2.29. The van der Waals surface area contributed by atoms with Crippen molar-refractivity contribution in [1.29, 1.82) is 0 Å². The summed E-state index contributed by atoms with van der Waals surface area (Å²) in [6, 6.07) is 4.23. The second kappa shape index (κ2) is 7.82. The first kappa shape index (κ1) is 18.0. The van der Waals surface area contributed by atoms with E-state index in [-0.39, 0.29) is 24.8 Å². The van der Waals surface area contributed by atoms with Gasteiger partial charge in [-0.05, 0) is 30.7 Å². The maximum absolute atomic E-state index is 12.4. The molecule has 1 aromatic rings. The fourth-order valence-corrected chi connectivity index (χ4v) is 1.90. The van der Waals surface area contributed by atoms with Crippen molar-refractivity contribution in [3.63, 3.8) is 0 Å². The van der Waals surface area contributed by atoms with Crippen LogP contribution in [-0.4, -0.2) is 29.8 Å². The summed E-state index contributed by atoms with van der Waals surface area (Å²) in [4.78, 5) is 24.6. The number of nitrogens with one attached hydrogen (secondary N) is 1. The Morgan fingerprint density at radius 2 is 1.73 bits per heavy atom. The normalized spacial score (nSPS) is 11.1. The number of alkyl halides is 3. The molecule has 0 aliphatic rings. The number of hydrogen-bond acceptors (Lipinski definition) is 2. The number of amides is 2. The Labute approximate surface area is 127 Å². The fraction of sp³-hybridized carbons (Fsp3) is 0.467. The lowest BCUT2D eigenvalue weighted by molar-refractivity contribution is -0.137. The number of rotatable bonds is 6. The van der Waals surface area contributed by atoms with E-state index in [0.29, 0.717) is 12.2 Å². The van der Waals surface area contributed by atoms with Gasteiger partial charge < -0.3 is 10.2 Å². The summed E-state index contributed by atoms with van der Waals surface area (Å²) in [6.45, 7) is 4.22. The van der Waals surface area contributed by atoms with Crippen LogP contribution >= 0.6 is 0 Å². The number of carbonyl (C=O) groups is 2. The Morgan fingerprint density at radius 3 is 2.18 bits per heavy atom. The molecule has 0 aliphatic heterocycles. The third-order valence-corrected chi connectivity index (χ3v) is 3.04. The summed E-state index contributed by atoms with van der Waals surface area (Å²) in [5.74, 6) is -0.453. The molecule has 0 fully saturated rings. The van der Waals surface area contributed by atoms with Gasteiger partial charge in [-0.3, -0.25) is 9.59 Å². The number of benzene rings is 1. The van der Waals surface area contributed by atoms with Gasteiger partial charge in [0.25, 0.3) is 0 Å². The molecule has 0 atom stereocenters. The fourth-order valence-electron chi connectivity index (χ4n) is 1.90. The zero-order valence-corrected chi connectivity index (χ0v) is 12.5. The third kappa shape index (κ3) is 5.75. The van der Waals surface area contributed by atoms with Crippen LogP contribution in [-0.2, 0) is 15.8 Å². The topological polar surface area (TPSA) is 49.4 Å². The van der Waals surface area contributed by atoms with Crippen molar-refractivity contribution in [3.8, 4) is 0 Å². The van der Waals surface area contributed by atoms with Crippen molar-refractivity contribution in [2.24, 2.45) is 0 Å². The Balaban J connectivity index is 2.53. The number of halogens is 3. The van der Waals surface area contributed by atoms with Gasteiger partial charge in [0.2, 0.25) is 11.8 Å². The van der Waals surface area contributed by atoms with E-state index in [4.69, 9.17) is 0 Å².